The lowest BCUT2D eigenvalue weighted by molar-refractivity contribution is 0.0649. The van der Waals surface area contributed by atoms with Gasteiger partial charge in [-0.1, -0.05) is 18.6 Å². The van der Waals surface area contributed by atoms with Gasteiger partial charge in [-0.05, 0) is 31.4 Å². The fourth-order valence-corrected chi connectivity index (χ4v) is 2.65. The summed E-state index contributed by atoms with van der Waals surface area (Å²) in [6.07, 6.45) is 0.925. The molecule has 1 aromatic rings. The van der Waals surface area contributed by atoms with Crippen LogP contribution in [0.3, 0.4) is 0 Å². The SMILES string of the molecule is Cc1ccc(NN)c(C(=O)N2CCC(C)C2CO)c1. The first kappa shape index (κ1) is 13.8. The van der Waals surface area contributed by atoms with Crippen LogP contribution in [-0.4, -0.2) is 35.1 Å². The summed E-state index contributed by atoms with van der Waals surface area (Å²) < 4.78 is 0. The number of nitrogen functional groups attached to an aromatic ring is 1. The van der Waals surface area contributed by atoms with Crippen LogP contribution in [-0.2, 0) is 0 Å². The van der Waals surface area contributed by atoms with Crippen molar-refractivity contribution in [1.29, 1.82) is 0 Å². The van der Waals surface area contributed by atoms with E-state index in [2.05, 4.69) is 12.3 Å². The van der Waals surface area contributed by atoms with E-state index in [1.165, 1.54) is 0 Å². The molecule has 5 nitrogen and oxygen atoms in total. The van der Waals surface area contributed by atoms with Gasteiger partial charge in [-0.3, -0.25) is 10.6 Å². The highest BCUT2D eigenvalue weighted by Crippen LogP contribution is 2.27. The molecule has 0 spiro atoms. The maximum Gasteiger partial charge on any atom is 0.256 e. The van der Waals surface area contributed by atoms with Gasteiger partial charge >= 0.3 is 0 Å². The fraction of sp³-hybridized carbons (Fsp3) is 0.500. The molecule has 1 heterocycles. The molecule has 1 saturated heterocycles. The fourth-order valence-electron chi connectivity index (χ4n) is 2.65. The molecule has 0 radical (unpaired) electrons. The molecule has 2 unspecified atom stereocenters. The molecule has 0 aromatic heterocycles. The minimum absolute atomic E-state index is 0.00408. The normalized spacial score (nSPS) is 22.6. The molecule has 0 aliphatic carbocycles. The maximum atomic E-state index is 12.6. The summed E-state index contributed by atoms with van der Waals surface area (Å²) >= 11 is 0. The van der Waals surface area contributed by atoms with Crippen molar-refractivity contribution in [2.75, 3.05) is 18.6 Å². The van der Waals surface area contributed by atoms with E-state index >= 15 is 0 Å². The van der Waals surface area contributed by atoms with Gasteiger partial charge in [-0.25, -0.2) is 0 Å². The number of rotatable bonds is 3. The Hall–Kier alpha value is -1.59. The van der Waals surface area contributed by atoms with Crippen LogP contribution in [0.4, 0.5) is 5.69 Å². The molecule has 1 amide bonds. The van der Waals surface area contributed by atoms with Crippen molar-refractivity contribution in [3.8, 4) is 0 Å². The zero-order chi connectivity index (χ0) is 14.0. The summed E-state index contributed by atoms with van der Waals surface area (Å²) in [5, 5.41) is 9.45. The van der Waals surface area contributed by atoms with Crippen LogP contribution in [0.1, 0.15) is 29.3 Å². The Balaban J connectivity index is 2.31. The molecule has 2 rings (SSSR count). The van der Waals surface area contributed by atoms with Gasteiger partial charge in [0.2, 0.25) is 0 Å². The van der Waals surface area contributed by atoms with Crippen LogP contribution < -0.4 is 11.3 Å². The third kappa shape index (κ3) is 2.57. The first-order valence-corrected chi connectivity index (χ1v) is 6.57. The van der Waals surface area contributed by atoms with E-state index in [0.717, 1.165) is 12.0 Å². The summed E-state index contributed by atoms with van der Waals surface area (Å²) in [7, 11) is 0. The number of likely N-dealkylation sites (tertiary alicyclic amines) is 1. The number of nitrogens with one attached hydrogen (secondary N) is 1. The highest BCUT2D eigenvalue weighted by molar-refractivity contribution is 6.00. The molecule has 104 valence electrons. The van der Waals surface area contributed by atoms with Crippen LogP contribution in [0.5, 0.6) is 0 Å². The molecule has 1 aromatic carbocycles. The number of aliphatic hydroxyl groups excluding tert-OH is 1. The molecule has 4 N–H and O–H groups in total. The van der Waals surface area contributed by atoms with E-state index in [9.17, 15) is 9.90 Å². The average Bonchev–Trinajstić information content (AvgIpc) is 2.78. The third-order valence-corrected chi connectivity index (χ3v) is 3.89. The average molecular weight is 263 g/mol. The molecular formula is C14H21N3O2. The number of aliphatic hydroxyl groups is 1. The molecular weight excluding hydrogens is 242 g/mol. The van der Waals surface area contributed by atoms with Crippen LogP contribution in [0, 0.1) is 12.8 Å². The molecule has 1 aliphatic rings. The number of amides is 1. The van der Waals surface area contributed by atoms with Crippen LogP contribution in [0.15, 0.2) is 18.2 Å². The summed E-state index contributed by atoms with van der Waals surface area (Å²) in [4.78, 5) is 14.4. The number of hydrogen-bond donors (Lipinski definition) is 3. The lowest BCUT2D eigenvalue weighted by atomic mass is 10.0. The van der Waals surface area contributed by atoms with Crippen molar-refractivity contribution >= 4 is 11.6 Å². The molecule has 19 heavy (non-hydrogen) atoms. The number of aryl methyl sites for hydroxylation is 1. The van der Waals surface area contributed by atoms with E-state index in [0.29, 0.717) is 23.7 Å². The molecule has 1 aliphatic heterocycles. The number of anilines is 1. The number of hydrogen-bond acceptors (Lipinski definition) is 4. The lowest BCUT2D eigenvalue weighted by Crippen LogP contribution is -2.40. The highest BCUT2D eigenvalue weighted by Gasteiger charge is 2.34. The summed E-state index contributed by atoms with van der Waals surface area (Å²) in [5.41, 5.74) is 4.75. The lowest BCUT2D eigenvalue weighted by Gasteiger charge is -2.26. The second-order valence-corrected chi connectivity index (χ2v) is 5.21. The number of carbonyl (C=O) groups excluding carboxylic acids is 1. The van der Waals surface area contributed by atoms with Crippen molar-refractivity contribution in [2.24, 2.45) is 11.8 Å². The number of hydrazine groups is 1. The van der Waals surface area contributed by atoms with E-state index in [-0.39, 0.29) is 18.6 Å². The van der Waals surface area contributed by atoms with Gasteiger partial charge in [0.1, 0.15) is 0 Å². The zero-order valence-corrected chi connectivity index (χ0v) is 11.4. The Morgan fingerprint density at radius 2 is 2.32 bits per heavy atom. The predicted octanol–water partition coefficient (Wildman–Crippen LogP) is 1.12. The minimum atomic E-state index is -0.0985. The quantitative estimate of drug-likeness (QED) is 0.564. The Morgan fingerprint density at radius 3 is 2.95 bits per heavy atom. The Kier molecular flexibility index (Phi) is 4.07. The smallest absolute Gasteiger partial charge is 0.256 e. The van der Waals surface area contributed by atoms with Gasteiger partial charge in [0.15, 0.2) is 0 Å². The molecule has 1 fully saturated rings. The van der Waals surface area contributed by atoms with Gasteiger partial charge in [0, 0.05) is 6.54 Å². The number of benzene rings is 1. The minimum Gasteiger partial charge on any atom is -0.394 e. The van der Waals surface area contributed by atoms with Crippen molar-refractivity contribution in [3.63, 3.8) is 0 Å². The standard InChI is InChI=1S/C14H21N3O2/c1-9-3-4-12(16-15)11(7-9)14(19)17-6-5-10(2)13(17)8-18/h3-4,7,10,13,16,18H,5-6,8,15H2,1-2H3. The number of nitrogens with zero attached hydrogens (tertiary/aromatic N) is 1. The van der Waals surface area contributed by atoms with Gasteiger partial charge in [0.05, 0.1) is 23.9 Å². The van der Waals surface area contributed by atoms with Gasteiger partial charge < -0.3 is 15.4 Å². The Bertz CT molecular complexity index is 476. The Labute approximate surface area is 113 Å². The highest BCUT2D eigenvalue weighted by atomic mass is 16.3. The maximum absolute atomic E-state index is 12.6. The van der Waals surface area contributed by atoms with Crippen molar-refractivity contribution in [1.82, 2.24) is 4.90 Å². The third-order valence-electron chi connectivity index (χ3n) is 3.89. The molecule has 2 atom stereocenters. The molecule has 5 heteroatoms. The second kappa shape index (κ2) is 5.59. The summed E-state index contributed by atoms with van der Waals surface area (Å²) in [6, 6.07) is 5.44. The van der Waals surface area contributed by atoms with E-state index in [4.69, 9.17) is 5.84 Å². The monoisotopic (exact) mass is 263 g/mol. The van der Waals surface area contributed by atoms with Gasteiger partial charge in [0.25, 0.3) is 5.91 Å². The van der Waals surface area contributed by atoms with Crippen molar-refractivity contribution in [3.05, 3.63) is 29.3 Å². The van der Waals surface area contributed by atoms with Crippen LogP contribution >= 0.6 is 0 Å². The van der Waals surface area contributed by atoms with Crippen molar-refractivity contribution in [2.45, 2.75) is 26.3 Å². The van der Waals surface area contributed by atoms with Crippen molar-refractivity contribution < 1.29 is 9.90 Å². The van der Waals surface area contributed by atoms with E-state index in [1.807, 2.05) is 19.1 Å². The first-order chi connectivity index (χ1) is 9.08. The second-order valence-electron chi connectivity index (χ2n) is 5.21. The summed E-state index contributed by atoms with van der Waals surface area (Å²) in [6.45, 7) is 4.69. The Morgan fingerprint density at radius 1 is 1.58 bits per heavy atom. The largest absolute Gasteiger partial charge is 0.394 e. The van der Waals surface area contributed by atoms with Gasteiger partial charge in [-0.2, -0.15) is 0 Å². The zero-order valence-electron chi connectivity index (χ0n) is 11.4. The topological polar surface area (TPSA) is 78.6 Å². The van der Waals surface area contributed by atoms with Gasteiger partial charge in [-0.15, -0.1) is 0 Å². The van der Waals surface area contributed by atoms with Crippen LogP contribution in [0.2, 0.25) is 0 Å². The number of nitrogens with two attached hydrogens (primary N) is 1. The molecule has 0 saturated carbocycles. The van der Waals surface area contributed by atoms with E-state index in [1.54, 1.807) is 11.0 Å². The summed E-state index contributed by atoms with van der Waals surface area (Å²) in [5.74, 6) is 5.72. The first-order valence-electron chi connectivity index (χ1n) is 6.57. The number of carbonyl (C=O) groups is 1. The predicted molar refractivity (Wildman–Crippen MR) is 74.7 cm³/mol. The molecule has 0 bridgehead atoms. The van der Waals surface area contributed by atoms with Crippen LogP contribution in [0.25, 0.3) is 0 Å². The van der Waals surface area contributed by atoms with E-state index < -0.39 is 0 Å².